The van der Waals surface area contributed by atoms with Crippen LogP contribution in [0.25, 0.3) is 16.5 Å². The molecule has 148 valence electrons. The predicted octanol–water partition coefficient (Wildman–Crippen LogP) is 3.90. The van der Waals surface area contributed by atoms with E-state index in [-0.39, 0.29) is 11.4 Å². The van der Waals surface area contributed by atoms with Gasteiger partial charge in [0.15, 0.2) is 0 Å². The van der Waals surface area contributed by atoms with Crippen LogP contribution < -0.4 is 9.46 Å². The van der Waals surface area contributed by atoms with Crippen LogP contribution in [0.15, 0.2) is 84.3 Å². The van der Waals surface area contributed by atoms with Crippen LogP contribution in [0.4, 0.5) is 0 Å². The SMILES string of the molecule is CCOc1ccc(S(=O)(=O)NCc2ccccc2-n2ccnc2)c2ccccc12. The van der Waals surface area contributed by atoms with Crippen molar-refractivity contribution in [3.05, 3.63) is 84.9 Å². The molecular weight excluding hydrogens is 386 g/mol. The summed E-state index contributed by atoms with van der Waals surface area (Å²) in [5.74, 6) is 0.674. The molecule has 0 radical (unpaired) electrons. The van der Waals surface area contributed by atoms with Gasteiger partial charge in [0.05, 0.1) is 23.5 Å². The lowest BCUT2D eigenvalue weighted by atomic mass is 10.1. The number of nitrogens with one attached hydrogen (secondary N) is 1. The molecule has 0 aliphatic carbocycles. The van der Waals surface area contributed by atoms with Crippen LogP contribution in [0, 0.1) is 0 Å². The monoisotopic (exact) mass is 407 g/mol. The van der Waals surface area contributed by atoms with E-state index in [1.54, 1.807) is 30.7 Å². The van der Waals surface area contributed by atoms with Gasteiger partial charge >= 0.3 is 0 Å². The Morgan fingerprint density at radius 1 is 1.00 bits per heavy atom. The lowest BCUT2D eigenvalue weighted by molar-refractivity contribution is 0.344. The Kier molecular flexibility index (Phi) is 5.33. The van der Waals surface area contributed by atoms with Crippen molar-refractivity contribution in [2.24, 2.45) is 0 Å². The van der Waals surface area contributed by atoms with E-state index in [1.165, 1.54) is 0 Å². The maximum atomic E-state index is 13.1. The molecule has 1 heterocycles. The lowest BCUT2D eigenvalue weighted by Crippen LogP contribution is -2.24. The highest BCUT2D eigenvalue weighted by Crippen LogP contribution is 2.31. The lowest BCUT2D eigenvalue weighted by Gasteiger charge is -2.14. The minimum atomic E-state index is -3.73. The van der Waals surface area contributed by atoms with Crippen LogP contribution in [-0.4, -0.2) is 24.6 Å². The molecule has 1 N–H and O–H groups in total. The van der Waals surface area contributed by atoms with Gasteiger partial charge < -0.3 is 9.30 Å². The number of aromatic nitrogens is 2. The molecule has 0 amide bonds. The fraction of sp³-hybridized carbons (Fsp3) is 0.136. The van der Waals surface area contributed by atoms with Gasteiger partial charge in [-0.2, -0.15) is 0 Å². The molecule has 3 aromatic carbocycles. The van der Waals surface area contributed by atoms with Gasteiger partial charge in [0.2, 0.25) is 10.0 Å². The quantitative estimate of drug-likeness (QED) is 0.504. The third-order valence-electron chi connectivity index (χ3n) is 4.66. The molecule has 0 unspecified atom stereocenters. The normalized spacial score (nSPS) is 11.6. The van der Waals surface area contributed by atoms with Gasteiger partial charge in [-0.15, -0.1) is 0 Å². The number of benzene rings is 3. The predicted molar refractivity (Wildman–Crippen MR) is 113 cm³/mol. The van der Waals surface area contributed by atoms with Crippen LogP contribution in [0.1, 0.15) is 12.5 Å². The molecule has 0 aliphatic rings. The van der Waals surface area contributed by atoms with Gasteiger partial charge in [-0.05, 0) is 30.7 Å². The molecule has 4 aromatic rings. The summed E-state index contributed by atoms with van der Waals surface area (Å²) in [6.45, 7) is 2.58. The highest BCUT2D eigenvalue weighted by molar-refractivity contribution is 7.89. The second kappa shape index (κ2) is 8.06. The summed E-state index contributed by atoms with van der Waals surface area (Å²) >= 11 is 0. The molecule has 29 heavy (non-hydrogen) atoms. The Morgan fingerprint density at radius 2 is 1.76 bits per heavy atom. The summed E-state index contributed by atoms with van der Waals surface area (Å²) in [5.41, 5.74) is 1.73. The largest absolute Gasteiger partial charge is 0.493 e. The van der Waals surface area contributed by atoms with Gasteiger partial charge in [0, 0.05) is 29.7 Å². The zero-order chi connectivity index (χ0) is 20.3. The fourth-order valence-electron chi connectivity index (χ4n) is 3.32. The molecule has 0 saturated carbocycles. The molecule has 0 aliphatic heterocycles. The number of hydrogen-bond donors (Lipinski definition) is 1. The smallest absolute Gasteiger partial charge is 0.241 e. The van der Waals surface area contributed by atoms with E-state index >= 15 is 0 Å². The topological polar surface area (TPSA) is 73.2 Å². The van der Waals surface area contributed by atoms with Gasteiger partial charge in [-0.25, -0.2) is 18.1 Å². The Morgan fingerprint density at radius 3 is 2.52 bits per heavy atom. The van der Waals surface area contributed by atoms with Crippen molar-refractivity contribution in [2.75, 3.05) is 6.61 Å². The Balaban J connectivity index is 1.67. The van der Waals surface area contributed by atoms with Crippen LogP contribution in [0.5, 0.6) is 5.75 Å². The van der Waals surface area contributed by atoms with E-state index in [1.807, 2.05) is 60.2 Å². The first kappa shape index (κ1) is 19.2. The minimum absolute atomic E-state index is 0.165. The summed E-state index contributed by atoms with van der Waals surface area (Å²) in [6, 6.07) is 18.3. The Hall–Kier alpha value is -3.16. The van der Waals surface area contributed by atoms with Gasteiger partial charge in [0.25, 0.3) is 0 Å². The van der Waals surface area contributed by atoms with Crippen LogP contribution in [0.2, 0.25) is 0 Å². The number of para-hydroxylation sites is 1. The molecule has 1 aromatic heterocycles. The third kappa shape index (κ3) is 3.87. The summed E-state index contributed by atoms with van der Waals surface area (Å²) < 4.78 is 36.5. The van der Waals surface area contributed by atoms with Crippen molar-refractivity contribution >= 4 is 20.8 Å². The number of imidazole rings is 1. The van der Waals surface area contributed by atoms with Crippen LogP contribution >= 0.6 is 0 Å². The molecule has 0 spiro atoms. The summed E-state index contributed by atoms with van der Waals surface area (Å²) in [4.78, 5) is 4.30. The second-order valence-electron chi connectivity index (χ2n) is 6.46. The number of sulfonamides is 1. The molecule has 6 nitrogen and oxygen atoms in total. The molecule has 0 saturated heterocycles. The van der Waals surface area contributed by atoms with E-state index < -0.39 is 10.0 Å². The first-order valence-corrected chi connectivity index (χ1v) is 10.8. The number of ether oxygens (including phenoxy) is 1. The standard InChI is InChI=1S/C22H21N3O3S/c1-2-28-21-11-12-22(19-9-5-4-8-18(19)21)29(26,27)24-15-17-7-3-6-10-20(17)25-14-13-23-16-25/h3-14,16,24H,2,15H2,1H3. The number of rotatable bonds is 7. The van der Waals surface area contributed by atoms with Crippen LogP contribution in [-0.2, 0) is 16.6 Å². The van der Waals surface area contributed by atoms with E-state index in [0.717, 1.165) is 16.6 Å². The second-order valence-corrected chi connectivity index (χ2v) is 8.20. The summed E-state index contributed by atoms with van der Waals surface area (Å²) in [5, 5.41) is 1.41. The highest BCUT2D eigenvalue weighted by atomic mass is 32.2. The van der Waals surface area contributed by atoms with Gasteiger partial charge in [-0.3, -0.25) is 0 Å². The maximum absolute atomic E-state index is 13.1. The number of fused-ring (bicyclic) bond motifs is 1. The Bertz CT molecular complexity index is 1240. The van der Waals surface area contributed by atoms with Gasteiger partial charge in [-0.1, -0.05) is 42.5 Å². The molecule has 7 heteroatoms. The Labute approximate surface area is 169 Å². The van der Waals surface area contributed by atoms with Crippen LogP contribution in [0.3, 0.4) is 0 Å². The third-order valence-corrected chi connectivity index (χ3v) is 6.12. The van der Waals surface area contributed by atoms with Crippen molar-refractivity contribution in [3.63, 3.8) is 0 Å². The molecule has 0 bridgehead atoms. The molecule has 0 fully saturated rings. The van der Waals surface area contributed by atoms with Crippen molar-refractivity contribution in [2.45, 2.75) is 18.4 Å². The summed E-state index contributed by atoms with van der Waals surface area (Å²) in [7, 11) is -3.73. The van der Waals surface area contributed by atoms with E-state index in [4.69, 9.17) is 4.74 Å². The zero-order valence-corrected chi connectivity index (χ0v) is 16.8. The van der Waals surface area contributed by atoms with Gasteiger partial charge in [0.1, 0.15) is 5.75 Å². The molecular formula is C22H21N3O3S. The van der Waals surface area contributed by atoms with Crippen molar-refractivity contribution < 1.29 is 13.2 Å². The van der Waals surface area contributed by atoms with E-state index in [0.29, 0.717) is 17.7 Å². The average molecular weight is 407 g/mol. The van der Waals surface area contributed by atoms with E-state index in [9.17, 15) is 8.42 Å². The van der Waals surface area contributed by atoms with Crippen molar-refractivity contribution in [3.8, 4) is 11.4 Å². The van der Waals surface area contributed by atoms with Crippen molar-refractivity contribution in [1.29, 1.82) is 0 Å². The minimum Gasteiger partial charge on any atom is -0.493 e. The molecule has 4 rings (SSSR count). The summed E-state index contributed by atoms with van der Waals surface area (Å²) in [6.07, 6.45) is 5.20. The van der Waals surface area contributed by atoms with Crippen molar-refractivity contribution in [1.82, 2.24) is 14.3 Å². The molecule has 0 atom stereocenters. The number of hydrogen-bond acceptors (Lipinski definition) is 4. The first-order valence-electron chi connectivity index (χ1n) is 9.30. The maximum Gasteiger partial charge on any atom is 0.241 e. The first-order chi connectivity index (χ1) is 14.1. The zero-order valence-electron chi connectivity index (χ0n) is 15.9. The van der Waals surface area contributed by atoms with E-state index in [2.05, 4.69) is 9.71 Å². The number of nitrogens with zero attached hydrogens (tertiary/aromatic N) is 2. The fourth-order valence-corrected chi connectivity index (χ4v) is 4.54. The average Bonchev–Trinajstić information content (AvgIpc) is 3.27. The highest BCUT2D eigenvalue weighted by Gasteiger charge is 2.19.